The molecule has 4 heteroatoms. The molecular weight excluding hydrogens is 140 g/mol. The van der Waals surface area contributed by atoms with Gasteiger partial charge in [0.05, 0.1) is 1.37 Å². The Labute approximate surface area is 65.5 Å². The van der Waals surface area contributed by atoms with Gasteiger partial charge in [0.15, 0.2) is 0 Å². The summed E-state index contributed by atoms with van der Waals surface area (Å²) in [5.74, 6) is 0. The topological polar surface area (TPSA) is 35.6 Å². The zero-order valence-corrected chi connectivity index (χ0v) is 5.88. The van der Waals surface area contributed by atoms with Crippen molar-refractivity contribution in [3.8, 4) is 0 Å². The molecule has 0 fully saturated rings. The van der Waals surface area contributed by atoms with Crippen molar-refractivity contribution in [3.05, 3.63) is 36.9 Å². The van der Waals surface area contributed by atoms with Gasteiger partial charge in [-0.25, -0.2) is 0 Å². The minimum absolute atomic E-state index is 0.394. The van der Waals surface area contributed by atoms with Crippen LogP contribution in [0.1, 0.15) is 1.37 Å². The van der Waals surface area contributed by atoms with Crippen molar-refractivity contribution in [2.45, 2.75) is 6.67 Å². The molecule has 2 rings (SSSR count). The SMILES string of the molecule is [2H]c1ccnn1Cn1cccn1. The lowest BCUT2D eigenvalue weighted by molar-refractivity contribution is 0.503. The van der Waals surface area contributed by atoms with Crippen LogP contribution in [0.3, 0.4) is 0 Å². The normalized spacial score (nSPS) is 11.5. The van der Waals surface area contributed by atoms with Crippen LogP contribution in [0, 0.1) is 0 Å². The lowest BCUT2D eigenvalue weighted by atomic mass is 10.7. The van der Waals surface area contributed by atoms with E-state index in [9.17, 15) is 0 Å². The summed E-state index contributed by atoms with van der Waals surface area (Å²) in [5.41, 5.74) is 0. The number of nitrogens with zero attached hydrogens (tertiary/aromatic N) is 4. The second-order valence-corrected chi connectivity index (χ2v) is 2.15. The average molecular weight is 149 g/mol. The molecule has 0 saturated heterocycles. The van der Waals surface area contributed by atoms with Crippen LogP contribution >= 0.6 is 0 Å². The molecule has 0 bridgehead atoms. The zero-order chi connectivity index (χ0) is 8.39. The smallest absolute Gasteiger partial charge is 0.133 e. The molecule has 0 radical (unpaired) electrons. The summed E-state index contributed by atoms with van der Waals surface area (Å²) in [5, 5.41) is 7.96. The van der Waals surface area contributed by atoms with Crippen LogP contribution in [0.15, 0.2) is 36.9 Å². The second kappa shape index (κ2) is 2.57. The van der Waals surface area contributed by atoms with Crippen molar-refractivity contribution < 1.29 is 1.37 Å². The van der Waals surface area contributed by atoms with E-state index in [1.54, 1.807) is 27.8 Å². The van der Waals surface area contributed by atoms with Gasteiger partial charge in [0.25, 0.3) is 0 Å². The molecule has 4 nitrogen and oxygen atoms in total. The van der Waals surface area contributed by atoms with E-state index >= 15 is 0 Å². The first-order valence-corrected chi connectivity index (χ1v) is 3.32. The fourth-order valence-corrected chi connectivity index (χ4v) is 0.865. The Morgan fingerprint density at radius 1 is 1.18 bits per heavy atom. The summed E-state index contributed by atoms with van der Waals surface area (Å²) >= 11 is 0. The minimum Gasteiger partial charge on any atom is -0.251 e. The van der Waals surface area contributed by atoms with E-state index in [0.717, 1.165) is 0 Å². The summed E-state index contributed by atoms with van der Waals surface area (Å²) < 4.78 is 10.7. The first-order chi connectivity index (χ1) is 5.86. The van der Waals surface area contributed by atoms with Crippen molar-refractivity contribution in [2.24, 2.45) is 0 Å². The fraction of sp³-hybridized carbons (Fsp3) is 0.143. The van der Waals surface area contributed by atoms with Gasteiger partial charge in [-0.3, -0.25) is 9.36 Å². The standard InChI is InChI=1S/C7H8N4/c1-3-8-10(5-1)7-11-6-2-4-9-11/h1-6H,7H2/i5D. The molecule has 11 heavy (non-hydrogen) atoms. The molecule has 56 valence electrons. The van der Waals surface area contributed by atoms with Gasteiger partial charge in [-0.1, -0.05) is 0 Å². The molecule has 0 aliphatic carbocycles. The van der Waals surface area contributed by atoms with Crippen LogP contribution in [0.4, 0.5) is 0 Å². The maximum absolute atomic E-state index is 7.41. The summed E-state index contributed by atoms with van der Waals surface area (Å²) in [6.07, 6.45) is 5.53. The number of hydrogen-bond acceptors (Lipinski definition) is 2. The fourth-order valence-electron chi connectivity index (χ4n) is 0.865. The van der Waals surface area contributed by atoms with E-state index in [1.165, 1.54) is 0 Å². The Morgan fingerprint density at radius 2 is 2.00 bits per heavy atom. The molecule has 0 aliphatic rings. The number of aromatic nitrogens is 4. The van der Waals surface area contributed by atoms with Crippen LogP contribution in [-0.4, -0.2) is 19.6 Å². The maximum atomic E-state index is 7.41. The highest BCUT2D eigenvalue weighted by atomic mass is 15.4. The average Bonchev–Trinajstić information content (AvgIpc) is 2.65. The second-order valence-electron chi connectivity index (χ2n) is 2.15. The van der Waals surface area contributed by atoms with Gasteiger partial charge in [-0.15, -0.1) is 0 Å². The van der Waals surface area contributed by atoms with Gasteiger partial charge >= 0.3 is 0 Å². The van der Waals surface area contributed by atoms with E-state index in [2.05, 4.69) is 10.2 Å². The van der Waals surface area contributed by atoms with E-state index in [0.29, 0.717) is 12.8 Å². The lowest BCUT2D eigenvalue weighted by Crippen LogP contribution is -2.08. The summed E-state index contributed by atoms with van der Waals surface area (Å²) in [6.45, 7) is 0.499. The van der Waals surface area contributed by atoms with Gasteiger partial charge in [0.1, 0.15) is 6.67 Å². The Kier molecular flexibility index (Phi) is 1.20. The Balaban J connectivity index is 2.20. The Morgan fingerprint density at radius 3 is 2.64 bits per heavy atom. The molecule has 2 aromatic heterocycles. The molecule has 0 aromatic carbocycles. The van der Waals surface area contributed by atoms with Crippen molar-refractivity contribution >= 4 is 0 Å². The molecule has 0 spiro atoms. The van der Waals surface area contributed by atoms with Crippen LogP contribution in [0.2, 0.25) is 0 Å². The molecule has 0 unspecified atom stereocenters. The van der Waals surface area contributed by atoms with Crippen LogP contribution in [-0.2, 0) is 6.67 Å². The third-order valence-electron chi connectivity index (χ3n) is 1.34. The van der Waals surface area contributed by atoms with E-state index in [-0.39, 0.29) is 0 Å². The lowest BCUT2D eigenvalue weighted by Gasteiger charge is -1.99. The van der Waals surface area contributed by atoms with Crippen molar-refractivity contribution in [1.82, 2.24) is 19.6 Å². The van der Waals surface area contributed by atoms with Crippen molar-refractivity contribution in [3.63, 3.8) is 0 Å². The quantitative estimate of drug-likeness (QED) is 0.626. The Bertz CT molecular complexity index is 351. The number of rotatable bonds is 2. The van der Waals surface area contributed by atoms with Gasteiger partial charge in [-0.2, -0.15) is 10.2 Å². The molecule has 2 heterocycles. The first kappa shape index (κ1) is 5.12. The monoisotopic (exact) mass is 149 g/mol. The van der Waals surface area contributed by atoms with Gasteiger partial charge < -0.3 is 0 Å². The highest BCUT2D eigenvalue weighted by molar-refractivity contribution is 4.80. The number of hydrogen-bond donors (Lipinski definition) is 0. The maximum Gasteiger partial charge on any atom is 0.133 e. The van der Waals surface area contributed by atoms with E-state index in [4.69, 9.17) is 1.37 Å². The molecular formula is C7H8N4. The van der Waals surface area contributed by atoms with Crippen molar-refractivity contribution in [1.29, 1.82) is 0 Å². The molecule has 0 amide bonds. The Hall–Kier alpha value is -1.58. The summed E-state index contributed by atoms with van der Waals surface area (Å²) in [4.78, 5) is 0. The predicted molar refractivity (Wildman–Crippen MR) is 39.9 cm³/mol. The molecule has 0 atom stereocenters. The zero-order valence-electron chi connectivity index (χ0n) is 6.88. The van der Waals surface area contributed by atoms with Crippen LogP contribution < -0.4 is 0 Å². The van der Waals surface area contributed by atoms with E-state index < -0.39 is 0 Å². The largest absolute Gasteiger partial charge is 0.251 e. The minimum atomic E-state index is 0.394. The third-order valence-corrected chi connectivity index (χ3v) is 1.34. The highest BCUT2D eigenvalue weighted by Crippen LogP contribution is 1.87. The molecule has 0 N–H and O–H groups in total. The molecule has 0 aliphatic heterocycles. The van der Waals surface area contributed by atoms with E-state index in [1.807, 2.05) is 12.3 Å². The predicted octanol–water partition coefficient (Wildman–Crippen LogP) is 0.585. The highest BCUT2D eigenvalue weighted by Gasteiger charge is 1.90. The van der Waals surface area contributed by atoms with Gasteiger partial charge in [-0.05, 0) is 12.1 Å². The summed E-state index contributed by atoms with van der Waals surface area (Å²) in [7, 11) is 0. The first-order valence-electron chi connectivity index (χ1n) is 3.82. The van der Waals surface area contributed by atoms with Gasteiger partial charge in [0, 0.05) is 24.8 Å². The van der Waals surface area contributed by atoms with Crippen LogP contribution in [0.25, 0.3) is 0 Å². The van der Waals surface area contributed by atoms with Gasteiger partial charge in [0.2, 0.25) is 0 Å². The van der Waals surface area contributed by atoms with Crippen LogP contribution in [0.5, 0.6) is 0 Å². The van der Waals surface area contributed by atoms with Crippen molar-refractivity contribution in [2.75, 3.05) is 0 Å². The molecule has 2 aromatic rings. The third kappa shape index (κ3) is 1.29. The summed E-state index contributed by atoms with van der Waals surface area (Å²) in [6, 6.07) is 3.48. The molecule has 0 saturated carbocycles.